The number of thioether (sulfide) groups is 1. The summed E-state index contributed by atoms with van der Waals surface area (Å²) in [6.45, 7) is 0.440. The van der Waals surface area contributed by atoms with E-state index in [2.05, 4.69) is 83.4 Å². The molecule has 1 aromatic carbocycles. The van der Waals surface area contributed by atoms with Crippen molar-refractivity contribution in [2.45, 2.75) is 81.3 Å². The average molecular weight is 1040 g/mol. The summed E-state index contributed by atoms with van der Waals surface area (Å²) in [6.07, 6.45) is -2.28. The third-order valence-electron chi connectivity index (χ3n) is 9.56. The first-order valence-electron chi connectivity index (χ1n) is 21.4. The van der Waals surface area contributed by atoms with Gasteiger partial charge in [0.1, 0.15) is 42.3 Å². The minimum Gasteiger partial charge on any atom is -0.481 e. The number of carbonyl (C=O) groups excluding carboxylic acids is 10. The van der Waals surface area contributed by atoms with Crippen molar-refractivity contribution in [3.8, 4) is 0 Å². The van der Waals surface area contributed by atoms with Crippen LogP contribution in [0, 0.1) is 0 Å². The van der Waals surface area contributed by atoms with Gasteiger partial charge < -0.3 is 74.8 Å². The first kappa shape index (κ1) is 59.3. The maximum Gasteiger partial charge on any atom is 0.305 e. The van der Waals surface area contributed by atoms with E-state index in [0.29, 0.717) is 5.56 Å². The highest BCUT2D eigenvalue weighted by atomic mass is 32.2. The summed E-state index contributed by atoms with van der Waals surface area (Å²) in [7, 11) is 0. The first-order valence-corrected chi connectivity index (χ1v) is 23.8. The Morgan fingerprint density at radius 2 is 1.20 bits per heavy atom. The van der Waals surface area contributed by atoms with E-state index in [0.717, 1.165) is 11.8 Å². The molecule has 70 heavy (non-hydrogen) atoms. The number of aliphatic carboxylic acids is 2. The Balaban J connectivity index is 2.64. The van der Waals surface area contributed by atoms with E-state index in [1.807, 2.05) is 0 Å². The zero-order valence-corrected chi connectivity index (χ0v) is 40.4. The minimum atomic E-state index is -1.85. The Morgan fingerprint density at radius 1 is 0.686 bits per heavy atom. The molecule has 16 N–H and O–H groups in total. The van der Waals surface area contributed by atoms with Gasteiger partial charge in [-0.3, -0.25) is 62.5 Å². The lowest BCUT2D eigenvalue weighted by Crippen LogP contribution is -2.60. The molecule has 1 fully saturated rings. The maximum absolute atomic E-state index is 14.1. The summed E-state index contributed by atoms with van der Waals surface area (Å²) in [5.74, 6) is -15.0. The molecule has 1 heterocycles. The minimum absolute atomic E-state index is 0.0204. The van der Waals surface area contributed by atoms with Crippen molar-refractivity contribution in [2.75, 3.05) is 49.2 Å². The Morgan fingerprint density at radius 3 is 1.73 bits per heavy atom. The zero-order chi connectivity index (χ0) is 52.3. The Kier molecular flexibility index (Phi) is 26.5. The third kappa shape index (κ3) is 22.5. The lowest BCUT2D eigenvalue weighted by Gasteiger charge is -2.26. The molecule has 386 valence electrons. The number of nitrogens with two attached hydrogens (primary N) is 2. The number of amides is 10. The van der Waals surface area contributed by atoms with E-state index in [-0.39, 0.29) is 44.1 Å². The van der Waals surface area contributed by atoms with Crippen LogP contribution in [0.4, 0.5) is 0 Å². The number of hydrogen-bond acceptors (Lipinski definition) is 16. The molecule has 30 heteroatoms. The molecular weight excluding hydrogens is 983 g/mol. The number of nitrogens with zero attached hydrogens (tertiary/aromatic N) is 1. The number of aliphatic imine (C=N–C) groups is 1. The second-order valence-electron chi connectivity index (χ2n) is 15.1. The molecule has 1 aliphatic heterocycles. The predicted octanol–water partition coefficient (Wildman–Crippen LogP) is -6.40. The zero-order valence-electron chi connectivity index (χ0n) is 37.8. The van der Waals surface area contributed by atoms with Crippen LogP contribution in [0.1, 0.15) is 38.2 Å². The highest BCUT2D eigenvalue weighted by molar-refractivity contribution is 8.00. The lowest BCUT2D eigenvalue weighted by atomic mass is 10.0. The molecular formula is C40H59N13O14S3. The number of likely N-dealkylation sites (N-methyl/N-ethyl adjacent to an activating group) is 1. The smallest absolute Gasteiger partial charge is 0.305 e. The molecule has 0 radical (unpaired) electrons. The van der Waals surface area contributed by atoms with Gasteiger partial charge in [0, 0.05) is 36.8 Å². The summed E-state index contributed by atoms with van der Waals surface area (Å²) in [6, 6.07) is -2.98. The molecule has 0 unspecified atom stereocenters. The number of nitrogens with one attached hydrogen (secondary N) is 10. The van der Waals surface area contributed by atoms with Crippen molar-refractivity contribution in [1.29, 1.82) is 0 Å². The van der Waals surface area contributed by atoms with Crippen molar-refractivity contribution in [1.82, 2.24) is 53.2 Å². The summed E-state index contributed by atoms with van der Waals surface area (Å²) in [5, 5.41) is 42.7. The molecule has 7 atom stereocenters. The van der Waals surface area contributed by atoms with Gasteiger partial charge in [-0.15, -0.1) is 11.8 Å². The van der Waals surface area contributed by atoms with Crippen molar-refractivity contribution >= 4 is 114 Å². The van der Waals surface area contributed by atoms with Gasteiger partial charge >= 0.3 is 11.9 Å². The van der Waals surface area contributed by atoms with Gasteiger partial charge in [-0.1, -0.05) is 30.3 Å². The lowest BCUT2D eigenvalue weighted by molar-refractivity contribution is -0.141. The summed E-state index contributed by atoms with van der Waals surface area (Å²) in [5.41, 5.74) is 11.3. The van der Waals surface area contributed by atoms with E-state index >= 15 is 0 Å². The second-order valence-corrected chi connectivity index (χ2v) is 16.9. The topological polar surface area (TPSA) is 430 Å². The largest absolute Gasteiger partial charge is 0.481 e. The average Bonchev–Trinajstić information content (AvgIpc) is 3.30. The third-order valence-corrected chi connectivity index (χ3v) is 11.3. The van der Waals surface area contributed by atoms with Crippen LogP contribution in [-0.4, -0.2) is 179 Å². The fourth-order valence-electron chi connectivity index (χ4n) is 6.12. The van der Waals surface area contributed by atoms with E-state index in [1.165, 1.54) is 0 Å². The van der Waals surface area contributed by atoms with Gasteiger partial charge in [-0.05, 0) is 25.3 Å². The second kappa shape index (κ2) is 31.3. The van der Waals surface area contributed by atoms with Crippen molar-refractivity contribution in [2.24, 2.45) is 16.5 Å². The number of hydrogen-bond donors (Lipinski definition) is 16. The number of carboxylic acid groups (broad SMARTS) is 2. The number of carboxylic acids is 2. The van der Waals surface area contributed by atoms with Crippen molar-refractivity contribution in [3.63, 3.8) is 0 Å². The Labute approximate surface area is 416 Å². The van der Waals surface area contributed by atoms with E-state index in [9.17, 15) is 67.7 Å². The van der Waals surface area contributed by atoms with Gasteiger partial charge in [0.05, 0.1) is 31.7 Å². The fourth-order valence-corrected chi connectivity index (χ4v) is 7.49. The first-order chi connectivity index (χ1) is 33.2. The number of rotatable bonds is 16. The molecule has 1 aromatic rings. The number of guanidine groups is 1. The van der Waals surface area contributed by atoms with Crippen LogP contribution in [0.25, 0.3) is 0 Å². The molecule has 2 rings (SSSR count). The van der Waals surface area contributed by atoms with Crippen molar-refractivity contribution in [3.05, 3.63) is 35.9 Å². The van der Waals surface area contributed by atoms with Crippen LogP contribution < -0.4 is 64.6 Å². The Hall–Kier alpha value is -6.82. The molecule has 1 saturated heterocycles. The van der Waals surface area contributed by atoms with Crippen LogP contribution in [0.3, 0.4) is 0 Å². The van der Waals surface area contributed by atoms with Crippen LogP contribution in [0.15, 0.2) is 35.3 Å². The fraction of sp³-hybridized carbons (Fsp3) is 0.525. The van der Waals surface area contributed by atoms with Gasteiger partial charge in [-0.25, -0.2) is 0 Å². The number of thiol groups is 2. The van der Waals surface area contributed by atoms with Gasteiger partial charge in [0.15, 0.2) is 5.96 Å². The van der Waals surface area contributed by atoms with Crippen LogP contribution in [-0.2, 0) is 64.0 Å². The molecule has 10 amide bonds. The van der Waals surface area contributed by atoms with Gasteiger partial charge in [0.2, 0.25) is 59.1 Å². The number of carbonyl (C=O) groups is 12. The summed E-state index contributed by atoms with van der Waals surface area (Å²) < 4.78 is 0. The quantitative estimate of drug-likeness (QED) is 0.0317. The van der Waals surface area contributed by atoms with Crippen LogP contribution >= 0.6 is 37.0 Å². The van der Waals surface area contributed by atoms with Gasteiger partial charge in [-0.2, -0.15) is 25.3 Å². The van der Waals surface area contributed by atoms with Crippen LogP contribution in [0.2, 0.25) is 0 Å². The highest BCUT2D eigenvalue weighted by Gasteiger charge is 2.34. The summed E-state index contributed by atoms with van der Waals surface area (Å²) >= 11 is 9.00. The van der Waals surface area contributed by atoms with Crippen LogP contribution in [0.5, 0.6) is 0 Å². The highest BCUT2D eigenvalue weighted by Crippen LogP contribution is 2.10. The van der Waals surface area contributed by atoms with Gasteiger partial charge in [0.25, 0.3) is 0 Å². The van der Waals surface area contributed by atoms with E-state index < -0.39 is 156 Å². The number of benzene rings is 1. The Bertz CT molecular complexity index is 2080. The standard InChI is InChI=1S/C40H59N13O14S3/c1-2-43-28(54)14-45-34(62)27-18-70-19-30(56)48-24(13-32(59)60)37(65)51-25(16-68)38(66)49-21(9-6-10-44-40(41)42)33(61)46-15-29(55)47-23(12-31(57)58)36(64)52-26(17-69)39(67)50-22(35(63)53-27)11-20-7-4-3-5-8-20/h3-5,7-8,21-27,68-69H,2,6,9-19H2,1H3,(H,43,54)(H,45,62)(H,46,61)(H,47,55)(H,48,56)(H,49,66)(H,50,67)(H,51,65)(H,52,64)(H,53,63)(H,57,58)(H,59,60)(H4,41,42,44)/t21-,22-,23-,24-,25-,26-,27-/m0/s1. The maximum atomic E-state index is 14.1. The molecule has 0 bridgehead atoms. The normalized spacial score (nSPS) is 22.9. The monoisotopic (exact) mass is 1040 g/mol. The molecule has 1 aliphatic rings. The molecule has 27 nitrogen and oxygen atoms in total. The van der Waals surface area contributed by atoms with E-state index in [4.69, 9.17) is 11.5 Å². The predicted molar refractivity (Wildman–Crippen MR) is 258 cm³/mol. The molecule has 0 aromatic heterocycles. The molecule has 0 saturated carbocycles. The summed E-state index contributed by atoms with van der Waals surface area (Å²) in [4.78, 5) is 161. The molecule has 0 aliphatic carbocycles. The SMILES string of the molecule is CCNC(=O)CNC(=O)[C@@H]1CSCC(=O)N[C@@H](CC(=O)O)C(=O)N[C@@H](CS)C(=O)N[C@@H](CCCN=C(N)N)C(=O)NCC(=O)N[C@@H](CC(=O)O)C(=O)N[C@@H](CS)C(=O)N[C@@H](Cc2ccccc2)C(=O)N1. The molecule has 0 spiro atoms. The van der Waals surface area contributed by atoms with Crippen molar-refractivity contribution < 1.29 is 67.7 Å². The van der Waals surface area contributed by atoms with E-state index in [1.54, 1.807) is 37.3 Å².